The summed E-state index contributed by atoms with van der Waals surface area (Å²) in [6.45, 7) is 0. The predicted molar refractivity (Wildman–Crippen MR) is 204 cm³/mol. The van der Waals surface area contributed by atoms with Crippen LogP contribution in [0.5, 0.6) is 0 Å². The number of allylic oxidation sites excluding steroid dienone is 14. The van der Waals surface area contributed by atoms with Gasteiger partial charge >= 0.3 is 0 Å². The van der Waals surface area contributed by atoms with E-state index in [-0.39, 0.29) is 11.8 Å². The summed E-state index contributed by atoms with van der Waals surface area (Å²) in [5.74, 6) is 1.58. The molecule has 2 aromatic heterocycles. The van der Waals surface area contributed by atoms with Gasteiger partial charge in [-0.25, -0.2) is 0 Å². The molecule has 0 radical (unpaired) electrons. The van der Waals surface area contributed by atoms with Crippen LogP contribution < -0.4 is 0 Å². The maximum atomic E-state index is 5.09. The Kier molecular flexibility index (Phi) is 6.19. The van der Waals surface area contributed by atoms with E-state index < -0.39 is 0 Å². The van der Waals surface area contributed by atoms with Crippen LogP contribution in [0.4, 0.5) is 0 Å². The number of aromatic nitrogens is 2. The van der Waals surface area contributed by atoms with Gasteiger partial charge in [-0.2, -0.15) is 0 Å². The summed E-state index contributed by atoms with van der Waals surface area (Å²) < 4.78 is 0. The smallest absolute Gasteiger partial charge is 0.0711 e. The zero-order valence-corrected chi connectivity index (χ0v) is 27.8. The molecule has 2 bridgehead atoms. The van der Waals surface area contributed by atoms with Crippen LogP contribution in [0, 0.1) is 17.8 Å². The first kappa shape index (κ1) is 28.3. The zero-order valence-electron chi connectivity index (χ0n) is 27.8. The molecule has 0 amide bonds. The highest BCUT2D eigenvalue weighted by atomic mass is 14.7. The van der Waals surface area contributed by atoms with E-state index in [0.717, 1.165) is 25.0 Å². The maximum absolute atomic E-state index is 5.09. The van der Waals surface area contributed by atoms with Gasteiger partial charge in [0.1, 0.15) is 0 Å². The molecule has 2 heterocycles. The summed E-state index contributed by atoms with van der Waals surface area (Å²) in [5.41, 5.74) is 17.8. The van der Waals surface area contributed by atoms with Gasteiger partial charge in [0.2, 0.25) is 0 Å². The standard InChI is InChI=1S/C48H36N2/c1-2-13-32-31(12-1)36-17-10-18-37-35(24-25-40(32)45(36)37)33-23-26-41-34-22-21-29(11-9-16-30(33)34)44-46(42-19-5-7-27-49-42)38-14-3-4-15-39(38)47(48(41)44)43-20-6-8-28-50-43/h1-21,24-25,27-28,33-34,39,41,47H,22-23,26H2/b11-9-,30-16-. The van der Waals surface area contributed by atoms with Crippen molar-refractivity contribution in [3.8, 4) is 22.3 Å². The summed E-state index contributed by atoms with van der Waals surface area (Å²) in [6, 6.07) is 33.6. The summed E-state index contributed by atoms with van der Waals surface area (Å²) in [4.78, 5) is 10.1. The molecule has 6 aliphatic rings. The van der Waals surface area contributed by atoms with Gasteiger partial charge in [0.25, 0.3) is 0 Å². The summed E-state index contributed by atoms with van der Waals surface area (Å²) >= 11 is 0. The van der Waals surface area contributed by atoms with E-state index >= 15 is 0 Å². The SMILES string of the molecule is C1=CC2=C(c3ccccn3)C3=C(C4CCC(c5ccc6c7c(cccc57)-c5ccccc5-6)/C5=C/C=C\C3=CCC54)C(c3ccccn3)C2C=C1. The van der Waals surface area contributed by atoms with Crippen LogP contribution in [-0.4, -0.2) is 9.97 Å². The Morgan fingerprint density at radius 3 is 2.28 bits per heavy atom. The van der Waals surface area contributed by atoms with Crippen molar-refractivity contribution in [2.45, 2.75) is 31.1 Å². The predicted octanol–water partition coefficient (Wildman–Crippen LogP) is 11.5. The fourth-order valence-corrected chi connectivity index (χ4v) is 10.5. The molecular weight excluding hydrogens is 605 g/mol. The Morgan fingerprint density at radius 1 is 0.620 bits per heavy atom. The molecule has 5 unspecified atom stereocenters. The van der Waals surface area contributed by atoms with Crippen molar-refractivity contribution in [3.63, 3.8) is 0 Å². The first-order valence-electron chi connectivity index (χ1n) is 18.2. The number of fused-ring (bicyclic) bond motifs is 7. The summed E-state index contributed by atoms with van der Waals surface area (Å²) in [5, 5.41) is 2.85. The van der Waals surface area contributed by atoms with Gasteiger partial charge in [0.15, 0.2) is 0 Å². The Labute approximate surface area is 293 Å². The topological polar surface area (TPSA) is 25.8 Å². The van der Waals surface area contributed by atoms with Crippen molar-refractivity contribution < 1.29 is 0 Å². The van der Waals surface area contributed by atoms with E-state index in [0.29, 0.717) is 17.8 Å². The largest absolute Gasteiger partial charge is 0.261 e. The van der Waals surface area contributed by atoms with Gasteiger partial charge in [-0.05, 0) is 116 Å². The molecule has 0 spiro atoms. The number of hydrogen-bond acceptors (Lipinski definition) is 2. The van der Waals surface area contributed by atoms with E-state index in [4.69, 9.17) is 9.97 Å². The van der Waals surface area contributed by atoms with E-state index in [2.05, 4.69) is 134 Å². The van der Waals surface area contributed by atoms with Crippen LogP contribution in [0.2, 0.25) is 0 Å². The van der Waals surface area contributed by atoms with Crippen LogP contribution in [0.3, 0.4) is 0 Å². The average Bonchev–Trinajstić information content (AvgIpc) is 3.42. The quantitative estimate of drug-likeness (QED) is 0.192. The van der Waals surface area contributed by atoms with Crippen LogP contribution >= 0.6 is 0 Å². The highest BCUT2D eigenvalue weighted by molar-refractivity contribution is 6.16. The van der Waals surface area contributed by atoms with E-state index in [1.54, 1.807) is 11.1 Å². The third-order valence-electron chi connectivity index (χ3n) is 12.4. The van der Waals surface area contributed by atoms with Gasteiger partial charge in [0, 0.05) is 41.4 Å². The van der Waals surface area contributed by atoms with Gasteiger partial charge in [-0.15, -0.1) is 0 Å². The first-order valence-corrected chi connectivity index (χ1v) is 18.2. The fourth-order valence-electron chi connectivity index (χ4n) is 10.5. The third-order valence-corrected chi connectivity index (χ3v) is 12.4. The number of rotatable bonds is 3. The van der Waals surface area contributed by atoms with Gasteiger partial charge in [0.05, 0.1) is 5.69 Å². The second-order valence-electron chi connectivity index (χ2n) is 14.6. The Balaban J connectivity index is 1.11. The number of pyridine rings is 2. The lowest BCUT2D eigenvalue weighted by Gasteiger charge is -2.45. The number of benzene rings is 3. The molecule has 2 heteroatoms. The van der Waals surface area contributed by atoms with Crippen molar-refractivity contribution >= 4 is 16.3 Å². The minimum atomic E-state index is 0.170. The molecular formula is C48H36N2. The van der Waals surface area contributed by atoms with Crippen LogP contribution in [-0.2, 0) is 0 Å². The molecule has 5 aromatic rings. The van der Waals surface area contributed by atoms with E-state index in [1.807, 2.05) is 18.5 Å². The molecule has 50 heavy (non-hydrogen) atoms. The van der Waals surface area contributed by atoms with Crippen molar-refractivity contribution in [1.82, 2.24) is 9.97 Å². The maximum Gasteiger partial charge on any atom is 0.0711 e. The van der Waals surface area contributed by atoms with Crippen LogP contribution in [0.1, 0.15) is 48.0 Å². The molecule has 1 saturated carbocycles. The normalized spacial score (nSPS) is 27.1. The number of nitrogens with zero attached hydrogens (tertiary/aromatic N) is 2. The fraction of sp³-hybridized carbons (Fsp3) is 0.167. The molecule has 6 aliphatic carbocycles. The molecule has 5 atom stereocenters. The highest BCUT2D eigenvalue weighted by Crippen LogP contribution is 2.61. The van der Waals surface area contributed by atoms with Crippen LogP contribution in [0.15, 0.2) is 180 Å². The van der Waals surface area contributed by atoms with Crippen molar-refractivity contribution in [1.29, 1.82) is 0 Å². The summed E-state index contributed by atoms with van der Waals surface area (Å²) in [6.07, 6.45) is 26.3. The lowest BCUT2D eigenvalue weighted by Crippen LogP contribution is -2.34. The Hall–Kier alpha value is -5.60. The molecule has 0 aliphatic heterocycles. The first-order chi connectivity index (χ1) is 24.8. The van der Waals surface area contributed by atoms with Crippen molar-refractivity contribution in [2.75, 3.05) is 0 Å². The van der Waals surface area contributed by atoms with E-state index in [1.165, 1.54) is 66.6 Å². The molecule has 2 nitrogen and oxygen atoms in total. The zero-order chi connectivity index (χ0) is 32.8. The lowest BCUT2D eigenvalue weighted by atomic mass is 9.58. The molecule has 11 rings (SSSR count). The minimum Gasteiger partial charge on any atom is -0.261 e. The second kappa shape index (κ2) is 11.0. The van der Waals surface area contributed by atoms with Gasteiger partial charge in [-0.3, -0.25) is 9.97 Å². The van der Waals surface area contributed by atoms with Crippen LogP contribution in [0.25, 0.3) is 38.6 Å². The lowest BCUT2D eigenvalue weighted by molar-refractivity contribution is 0.310. The highest BCUT2D eigenvalue weighted by Gasteiger charge is 2.47. The average molecular weight is 641 g/mol. The molecule has 1 fully saturated rings. The molecule has 3 aromatic carbocycles. The Morgan fingerprint density at radius 2 is 1.44 bits per heavy atom. The minimum absolute atomic E-state index is 0.170. The van der Waals surface area contributed by atoms with Crippen molar-refractivity contribution in [3.05, 3.63) is 197 Å². The molecule has 238 valence electrons. The molecule has 0 saturated heterocycles. The molecule has 0 N–H and O–H groups in total. The summed E-state index contributed by atoms with van der Waals surface area (Å²) in [7, 11) is 0. The van der Waals surface area contributed by atoms with Gasteiger partial charge in [-0.1, -0.05) is 121 Å². The Bertz CT molecular complexity index is 2440. The van der Waals surface area contributed by atoms with Gasteiger partial charge < -0.3 is 0 Å². The second-order valence-corrected chi connectivity index (χ2v) is 14.6. The third kappa shape index (κ3) is 3.96. The monoisotopic (exact) mass is 640 g/mol. The van der Waals surface area contributed by atoms with Crippen molar-refractivity contribution in [2.24, 2.45) is 17.8 Å². The van der Waals surface area contributed by atoms with E-state index in [9.17, 15) is 0 Å². The number of hydrogen-bond donors (Lipinski definition) is 0.